The molecule has 5 nitrogen and oxygen atoms in total. The van der Waals surface area contributed by atoms with Gasteiger partial charge in [0.2, 0.25) is 5.89 Å². The number of piperazine rings is 1. The molecule has 0 unspecified atom stereocenters. The van der Waals surface area contributed by atoms with Crippen molar-refractivity contribution in [1.29, 1.82) is 0 Å². The second-order valence-corrected chi connectivity index (χ2v) is 6.94. The average Bonchev–Trinajstić information content (AvgIpc) is 3.30. The number of halogens is 1. The molecule has 1 aliphatic carbocycles. The second-order valence-electron chi connectivity index (χ2n) is 6.50. The lowest BCUT2D eigenvalue weighted by atomic mass is 10.2. The fourth-order valence-corrected chi connectivity index (χ4v) is 3.24. The first-order chi connectivity index (χ1) is 11.3. The van der Waals surface area contributed by atoms with E-state index in [1.54, 1.807) is 0 Å². The lowest BCUT2D eigenvalue weighted by Gasteiger charge is -2.33. The van der Waals surface area contributed by atoms with Crippen LogP contribution in [-0.2, 0) is 13.1 Å². The maximum absolute atomic E-state index is 6.05. The first-order valence-corrected chi connectivity index (χ1v) is 8.66. The maximum Gasteiger partial charge on any atom is 0.240 e. The molecule has 1 aromatic carbocycles. The van der Waals surface area contributed by atoms with Crippen LogP contribution in [0.2, 0.25) is 5.02 Å². The van der Waals surface area contributed by atoms with Crippen LogP contribution >= 0.6 is 11.6 Å². The third kappa shape index (κ3) is 3.91. The molecule has 23 heavy (non-hydrogen) atoms. The van der Waals surface area contributed by atoms with Gasteiger partial charge >= 0.3 is 0 Å². The Hall–Kier alpha value is -1.43. The van der Waals surface area contributed by atoms with E-state index < -0.39 is 0 Å². The Kier molecular flexibility index (Phi) is 4.33. The van der Waals surface area contributed by atoms with Crippen LogP contribution in [0.3, 0.4) is 0 Å². The summed E-state index contributed by atoms with van der Waals surface area (Å²) in [6.07, 6.45) is 2.42. The molecule has 1 saturated carbocycles. The van der Waals surface area contributed by atoms with Gasteiger partial charge in [-0.25, -0.2) is 0 Å². The van der Waals surface area contributed by atoms with E-state index in [-0.39, 0.29) is 0 Å². The van der Waals surface area contributed by atoms with Crippen molar-refractivity contribution < 1.29 is 4.52 Å². The van der Waals surface area contributed by atoms with Crippen molar-refractivity contribution in [3.8, 4) is 0 Å². The summed E-state index contributed by atoms with van der Waals surface area (Å²) in [5, 5.41) is 4.90. The summed E-state index contributed by atoms with van der Waals surface area (Å²) >= 11 is 6.05. The number of nitrogens with zero attached hydrogens (tertiary/aromatic N) is 4. The normalized spacial score (nSPS) is 20.0. The zero-order chi connectivity index (χ0) is 15.6. The minimum absolute atomic E-state index is 0.557. The molecule has 2 aliphatic rings. The van der Waals surface area contributed by atoms with E-state index in [4.69, 9.17) is 16.1 Å². The summed E-state index contributed by atoms with van der Waals surface area (Å²) in [6, 6.07) is 8.12. The molecular formula is C17H21ClN4O. The summed E-state index contributed by atoms with van der Waals surface area (Å²) in [5.74, 6) is 2.22. The molecule has 0 amide bonds. The number of rotatable bonds is 5. The lowest BCUT2D eigenvalue weighted by molar-refractivity contribution is 0.112. The number of hydrogen-bond acceptors (Lipinski definition) is 5. The maximum atomic E-state index is 6.05. The van der Waals surface area contributed by atoms with Crippen LogP contribution in [-0.4, -0.2) is 46.1 Å². The molecular weight excluding hydrogens is 312 g/mol. The van der Waals surface area contributed by atoms with E-state index >= 15 is 0 Å². The molecule has 2 fully saturated rings. The second kappa shape index (κ2) is 6.59. The monoisotopic (exact) mass is 332 g/mol. The molecule has 0 spiro atoms. The van der Waals surface area contributed by atoms with Crippen LogP contribution in [0, 0.1) is 0 Å². The fraction of sp³-hybridized carbons (Fsp3) is 0.529. The first kappa shape index (κ1) is 15.1. The van der Waals surface area contributed by atoms with Crippen LogP contribution in [0.25, 0.3) is 0 Å². The van der Waals surface area contributed by atoms with E-state index in [1.165, 1.54) is 18.4 Å². The Morgan fingerprint density at radius 2 is 1.83 bits per heavy atom. The van der Waals surface area contributed by atoms with Crippen molar-refractivity contribution in [2.45, 2.75) is 31.8 Å². The molecule has 0 radical (unpaired) electrons. The Labute approximate surface area is 141 Å². The van der Waals surface area contributed by atoms with Crippen molar-refractivity contribution in [2.75, 3.05) is 26.2 Å². The molecule has 6 heteroatoms. The van der Waals surface area contributed by atoms with E-state index in [1.807, 2.05) is 18.2 Å². The summed E-state index contributed by atoms with van der Waals surface area (Å²) in [7, 11) is 0. The number of hydrogen-bond donors (Lipinski definition) is 0. The Bertz CT molecular complexity index is 662. The standard InChI is InChI=1S/C17H21ClN4O/c18-15-3-1-2-13(10-15)11-21-6-8-22(9-7-21)12-16-19-17(20-23-16)14-4-5-14/h1-3,10,14H,4-9,11-12H2. The molecule has 2 aromatic rings. The predicted octanol–water partition coefficient (Wildman–Crippen LogP) is 2.92. The number of aromatic nitrogens is 2. The predicted molar refractivity (Wildman–Crippen MR) is 88.3 cm³/mol. The van der Waals surface area contributed by atoms with Gasteiger partial charge in [-0.15, -0.1) is 0 Å². The largest absolute Gasteiger partial charge is 0.338 e. The smallest absolute Gasteiger partial charge is 0.240 e. The SMILES string of the molecule is Clc1cccc(CN2CCN(Cc3nc(C4CC4)no3)CC2)c1. The summed E-state index contributed by atoms with van der Waals surface area (Å²) in [5.41, 5.74) is 1.27. The Balaban J connectivity index is 1.26. The highest BCUT2D eigenvalue weighted by Crippen LogP contribution is 2.38. The van der Waals surface area contributed by atoms with Gasteiger partial charge in [0.25, 0.3) is 0 Å². The highest BCUT2D eigenvalue weighted by molar-refractivity contribution is 6.30. The van der Waals surface area contributed by atoms with Gasteiger partial charge in [0, 0.05) is 43.7 Å². The minimum atomic E-state index is 0.557. The van der Waals surface area contributed by atoms with Crippen LogP contribution in [0.1, 0.15) is 36.0 Å². The van der Waals surface area contributed by atoms with E-state index in [0.717, 1.165) is 56.0 Å². The highest BCUT2D eigenvalue weighted by atomic mass is 35.5. The van der Waals surface area contributed by atoms with Crippen molar-refractivity contribution in [2.24, 2.45) is 0 Å². The van der Waals surface area contributed by atoms with Crippen molar-refractivity contribution >= 4 is 11.6 Å². The molecule has 0 atom stereocenters. The van der Waals surface area contributed by atoms with Crippen LogP contribution in [0.15, 0.2) is 28.8 Å². The fourth-order valence-electron chi connectivity index (χ4n) is 3.03. The molecule has 1 aromatic heterocycles. The van der Waals surface area contributed by atoms with Crippen LogP contribution < -0.4 is 0 Å². The lowest BCUT2D eigenvalue weighted by Crippen LogP contribution is -2.45. The molecule has 122 valence electrons. The Morgan fingerprint density at radius 3 is 2.52 bits per heavy atom. The van der Waals surface area contributed by atoms with Gasteiger partial charge in [-0.05, 0) is 30.5 Å². The van der Waals surface area contributed by atoms with Gasteiger partial charge in [0.1, 0.15) is 0 Å². The topological polar surface area (TPSA) is 45.4 Å². The van der Waals surface area contributed by atoms with Gasteiger partial charge in [-0.3, -0.25) is 9.80 Å². The van der Waals surface area contributed by atoms with Gasteiger partial charge in [0.05, 0.1) is 6.54 Å². The van der Waals surface area contributed by atoms with Gasteiger partial charge in [0.15, 0.2) is 5.82 Å². The summed E-state index contributed by atoms with van der Waals surface area (Å²) in [4.78, 5) is 9.37. The van der Waals surface area contributed by atoms with E-state index in [2.05, 4.69) is 26.0 Å². The van der Waals surface area contributed by atoms with Gasteiger partial charge in [-0.2, -0.15) is 4.98 Å². The molecule has 4 rings (SSSR count). The molecule has 1 aliphatic heterocycles. The van der Waals surface area contributed by atoms with Crippen molar-refractivity contribution in [3.63, 3.8) is 0 Å². The van der Waals surface area contributed by atoms with Gasteiger partial charge in [-0.1, -0.05) is 28.9 Å². The first-order valence-electron chi connectivity index (χ1n) is 8.28. The molecule has 0 N–H and O–H groups in total. The average molecular weight is 333 g/mol. The van der Waals surface area contributed by atoms with Crippen LogP contribution in [0.5, 0.6) is 0 Å². The van der Waals surface area contributed by atoms with Gasteiger partial charge < -0.3 is 4.52 Å². The zero-order valence-electron chi connectivity index (χ0n) is 13.1. The summed E-state index contributed by atoms with van der Waals surface area (Å²) in [6.45, 7) is 5.89. The van der Waals surface area contributed by atoms with E-state index in [0.29, 0.717) is 5.92 Å². The molecule has 1 saturated heterocycles. The van der Waals surface area contributed by atoms with Crippen molar-refractivity contribution in [1.82, 2.24) is 19.9 Å². The molecule has 0 bridgehead atoms. The third-order valence-corrected chi connectivity index (χ3v) is 4.78. The van der Waals surface area contributed by atoms with E-state index in [9.17, 15) is 0 Å². The minimum Gasteiger partial charge on any atom is -0.338 e. The highest BCUT2D eigenvalue weighted by Gasteiger charge is 2.29. The third-order valence-electron chi connectivity index (χ3n) is 4.55. The number of benzene rings is 1. The van der Waals surface area contributed by atoms with Crippen molar-refractivity contribution in [3.05, 3.63) is 46.6 Å². The zero-order valence-corrected chi connectivity index (χ0v) is 13.9. The summed E-state index contributed by atoms with van der Waals surface area (Å²) < 4.78 is 5.37. The van der Waals surface area contributed by atoms with Crippen LogP contribution in [0.4, 0.5) is 0 Å². The Morgan fingerprint density at radius 1 is 1.09 bits per heavy atom. The quantitative estimate of drug-likeness (QED) is 0.842. The molecule has 2 heterocycles.